The van der Waals surface area contributed by atoms with Crippen LogP contribution in [0.25, 0.3) is 0 Å². The number of carbonyl (C=O) groups excluding carboxylic acids is 1. The molecule has 1 amide bonds. The lowest BCUT2D eigenvalue weighted by molar-refractivity contribution is -0.121. The molecule has 0 atom stereocenters. The van der Waals surface area contributed by atoms with Gasteiger partial charge in [0.15, 0.2) is 0 Å². The number of nitrogens with zero attached hydrogens (tertiary/aromatic N) is 2. The van der Waals surface area contributed by atoms with E-state index < -0.39 is 0 Å². The van der Waals surface area contributed by atoms with Gasteiger partial charge in [-0.05, 0) is 31.6 Å². The number of carbonyl (C=O) groups is 1. The van der Waals surface area contributed by atoms with Gasteiger partial charge in [0, 0.05) is 37.3 Å². The molecule has 2 rings (SSSR count). The van der Waals surface area contributed by atoms with Crippen molar-refractivity contribution in [1.82, 2.24) is 14.9 Å². The van der Waals surface area contributed by atoms with Gasteiger partial charge in [-0.15, -0.1) is 11.6 Å². The second-order valence-corrected chi connectivity index (χ2v) is 5.33. The summed E-state index contributed by atoms with van der Waals surface area (Å²) in [6.07, 6.45) is 10.4. The molecule has 18 heavy (non-hydrogen) atoms. The normalized spacial score (nSPS) is 22.5. The van der Waals surface area contributed by atoms with E-state index in [0.717, 1.165) is 32.2 Å². The fraction of sp³-hybridized carbons (Fsp3) is 0.692. The molecule has 1 aromatic heterocycles. The average Bonchev–Trinajstić information content (AvgIpc) is 2.81. The number of imidazole rings is 1. The molecule has 4 nitrogen and oxygen atoms in total. The summed E-state index contributed by atoms with van der Waals surface area (Å²) in [5.74, 6) is 1.42. The quantitative estimate of drug-likeness (QED) is 0.610. The van der Waals surface area contributed by atoms with Gasteiger partial charge in [-0.2, -0.15) is 0 Å². The van der Waals surface area contributed by atoms with Gasteiger partial charge in [0.25, 0.3) is 0 Å². The second-order valence-electron chi connectivity index (χ2n) is 4.95. The number of halogens is 1. The predicted molar refractivity (Wildman–Crippen MR) is 71.6 cm³/mol. The van der Waals surface area contributed by atoms with Crippen LogP contribution in [0.15, 0.2) is 18.7 Å². The van der Waals surface area contributed by atoms with Gasteiger partial charge in [-0.1, -0.05) is 0 Å². The van der Waals surface area contributed by atoms with Crippen molar-refractivity contribution in [3.63, 3.8) is 0 Å². The minimum atomic E-state index is 0.159. The Balaban J connectivity index is 1.56. The monoisotopic (exact) mass is 269 g/mol. The Morgan fingerprint density at radius 2 is 2.28 bits per heavy atom. The number of alkyl halides is 1. The molecule has 0 aliphatic heterocycles. The number of amides is 1. The van der Waals surface area contributed by atoms with Gasteiger partial charge in [0.2, 0.25) is 5.91 Å². The number of hydrogen-bond donors (Lipinski definition) is 1. The van der Waals surface area contributed by atoms with Crippen LogP contribution >= 0.6 is 11.6 Å². The van der Waals surface area contributed by atoms with E-state index in [0.29, 0.717) is 24.3 Å². The van der Waals surface area contributed by atoms with E-state index in [1.54, 1.807) is 0 Å². The molecular formula is C13H20ClN3O. The second kappa shape index (κ2) is 6.78. The molecule has 0 radical (unpaired) electrons. The van der Waals surface area contributed by atoms with Crippen molar-refractivity contribution < 1.29 is 4.79 Å². The fourth-order valence-electron chi connectivity index (χ4n) is 2.32. The van der Waals surface area contributed by atoms with Crippen LogP contribution in [0.1, 0.15) is 38.1 Å². The maximum atomic E-state index is 11.5. The Kier molecular flexibility index (Phi) is 5.05. The summed E-state index contributed by atoms with van der Waals surface area (Å²) in [7, 11) is 0. The van der Waals surface area contributed by atoms with Gasteiger partial charge in [0.1, 0.15) is 0 Å². The Hall–Kier alpha value is -1.03. The zero-order valence-corrected chi connectivity index (χ0v) is 11.3. The summed E-state index contributed by atoms with van der Waals surface area (Å²) in [6, 6.07) is 0.575. The SMILES string of the molecule is O=C(CCCCCl)NCC1CC(n2ccnc2)C1. The molecule has 1 N–H and O–H groups in total. The van der Waals surface area contributed by atoms with Crippen LogP contribution < -0.4 is 5.32 Å². The first-order valence-electron chi connectivity index (χ1n) is 6.59. The molecule has 100 valence electrons. The third-order valence-corrected chi connectivity index (χ3v) is 3.80. The number of aromatic nitrogens is 2. The highest BCUT2D eigenvalue weighted by molar-refractivity contribution is 6.17. The molecule has 0 bridgehead atoms. The molecule has 0 aromatic carbocycles. The summed E-state index contributed by atoms with van der Waals surface area (Å²) in [6.45, 7) is 0.810. The Labute approximate surface area is 113 Å². The first kappa shape index (κ1) is 13.4. The molecule has 1 saturated carbocycles. The number of rotatable bonds is 7. The lowest BCUT2D eigenvalue weighted by Gasteiger charge is -2.36. The fourth-order valence-corrected chi connectivity index (χ4v) is 2.51. The summed E-state index contributed by atoms with van der Waals surface area (Å²) < 4.78 is 2.15. The van der Waals surface area contributed by atoms with Gasteiger partial charge in [-0.3, -0.25) is 4.79 Å². The standard InChI is InChI=1S/C13H20ClN3O/c14-4-2-1-3-13(18)16-9-11-7-12(8-11)17-6-5-15-10-17/h5-6,10-12H,1-4,7-9H2,(H,16,18). The summed E-state index contributed by atoms with van der Waals surface area (Å²) in [4.78, 5) is 15.6. The lowest BCUT2D eigenvalue weighted by atomic mass is 9.80. The smallest absolute Gasteiger partial charge is 0.220 e. The van der Waals surface area contributed by atoms with Crippen LogP contribution in [0, 0.1) is 5.92 Å². The molecule has 1 aliphatic rings. The van der Waals surface area contributed by atoms with Crippen molar-refractivity contribution >= 4 is 17.5 Å². The van der Waals surface area contributed by atoms with Crippen LogP contribution in [0.2, 0.25) is 0 Å². The number of hydrogen-bond acceptors (Lipinski definition) is 2. The van der Waals surface area contributed by atoms with Crippen molar-refractivity contribution in [2.24, 2.45) is 5.92 Å². The van der Waals surface area contributed by atoms with Gasteiger partial charge < -0.3 is 9.88 Å². The molecule has 0 spiro atoms. The van der Waals surface area contributed by atoms with E-state index in [1.165, 1.54) is 0 Å². The highest BCUT2D eigenvalue weighted by Crippen LogP contribution is 2.36. The van der Waals surface area contributed by atoms with Crippen molar-refractivity contribution in [3.05, 3.63) is 18.7 Å². The van der Waals surface area contributed by atoms with Gasteiger partial charge in [0.05, 0.1) is 6.33 Å². The van der Waals surface area contributed by atoms with Crippen molar-refractivity contribution in [3.8, 4) is 0 Å². The highest BCUT2D eigenvalue weighted by atomic mass is 35.5. The van der Waals surface area contributed by atoms with Crippen LogP contribution in [0.4, 0.5) is 0 Å². The molecular weight excluding hydrogens is 250 g/mol. The van der Waals surface area contributed by atoms with Gasteiger partial charge in [-0.25, -0.2) is 4.98 Å². The van der Waals surface area contributed by atoms with Crippen LogP contribution in [0.5, 0.6) is 0 Å². The molecule has 1 heterocycles. The Morgan fingerprint density at radius 3 is 2.94 bits per heavy atom. The molecule has 0 saturated heterocycles. The van der Waals surface area contributed by atoms with Crippen molar-refractivity contribution in [2.45, 2.75) is 38.1 Å². The summed E-state index contributed by atoms with van der Waals surface area (Å²) in [5.41, 5.74) is 0. The lowest BCUT2D eigenvalue weighted by Crippen LogP contribution is -2.36. The maximum absolute atomic E-state index is 11.5. The van der Waals surface area contributed by atoms with E-state index in [1.807, 2.05) is 18.7 Å². The van der Waals surface area contributed by atoms with Crippen LogP contribution in [-0.2, 0) is 4.79 Å². The van der Waals surface area contributed by atoms with E-state index >= 15 is 0 Å². The Bertz CT molecular complexity index is 360. The Morgan fingerprint density at radius 1 is 1.44 bits per heavy atom. The minimum Gasteiger partial charge on any atom is -0.356 e. The molecule has 1 aliphatic carbocycles. The van der Waals surface area contributed by atoms with Gasteiger partial charge >= 0.3 is 0 Å². The van der Waals surface area contributed by atoms with E-state index in [9.17, 15) is 4.79 Å². The summed E-state index contributed by atoms with van der Waals surface area (Å²) in [5, 5.41) is 3.00. The molecule has 1 fully saturated rings. The first-order valence-corrected chi connectivity index (χ1v) is 7.13. The molecule has 5 heteroatoms. The first-order chi connectivity index (χ1) is 8.79. The highest BCUT2D eigenvalue weighted by Gasteiger charge is 2.29. The summed E-state index contributed by atoms with van der Waals surface area (Å²) >= 11 is 5.57. The molecule has 1 aromatic rings. The minimum absolute atomic E-state index is 0.159. The van der Waals surface area contributed by atoms with Crippen LogP contribution in [0.3, 0.4) is 0 Å². The zero-order valence-electron chi connectivity index (χ0n) is 10.5. The molecule has 0 unspecified atom stereocenters. The predicted octanol–water partition coefficient (Wildman–Crippen LogP) is 2.36. The number of nitrogens with one attached hydrogen (secondary N) is 1. The van der Waals surface area contributed by atoms with Crippen LogP contribution in [-0.4, -0.2) is 27.9 Å². The largest absolute Gasteiger partial charge is 0.356 e. The third-order valence-electron chi connectivity index (χ3n) is 3.53. The van der Waals surface area contributed by atoms with Crippen molar-refractivity contribution in [1.29, 1.82) is 0 Å². The van der Waals surface area contributed by atoms with E-state index in [4.69, 9.17) is 11.6 Å². The van der Waals surface area contributed by atoms with Crippen molar-refractivity contribution in [2.75, 3.05) is 12.4 Å². The maximum Gasteiger partial charge on any atom is 0.220 e. The zero-order chi connectivity index (χ0) is 12.8. The number of unbranched alkanes of at least 4 members (excludes halogenated alkanes) is 1. The van der Waals surface area contributed by atoms with E-state index in [2.05, 4.69) is 14.9 Å². The average molecular weight is 270 g/mol. The topological polar surface area (TPSA) is 46.9 Å². The third kappa shape index (κ3) is 3.73. The van der Waals surface area contributed by atoms with E-state index in [-0.39, 0.29) is 5.91 Å².